The molecule has 11 heteroatoms. The molecule has 1 aliphatic carbocycles. The number of amides is 3. The van der Waals surface area contributed by atoms with Crippen molar-refractivity contribution in [3.8, 4) is 17.1 Å². The number of aromatic nitrogens is 1. The van der Waals surface area contributed by atoms with Gasteiger partial charge >= 0.3 is 12.4 Å². The lowest BCUT2D eigenvalue weighted by Gasteiger charge is -2.39. The van der Waals surface area contributed by atoms with E-state index in [9.17, 15) is 22.8 Å². The average Bonchev–Trinajstić information content (AvgIpc) is 3.46. The Balaban J connectivity index is 1.33. The lowest BCUT2D eigenvalue weighted by atomic mass is 10.0. The van der Waals surface area contributed by atoms with Gasteiger partial charge in [0.05, 0.1) is 6.54 Å². The number of benzene rings is 1. The molecule has 0 radical (unpaired) electrons. The maximum absolute atomic E-state index is 12.7. The molecule has 8 nitrogen and oxygen atoms in total. The number of rotatable bonds is 6. The fraction of sp³-hybridized carbons (Fsp3) is 0.500. The summed E-state index contributed by atoms with van der Waals surface area (Å²) in [5.74, 6) is -0.0623. The number of hydrogen-bond donors (Lipinski definition) is 1. The number of likely N-dealkylation sites (tertiary alicyclic amines) is 1. The number of nitrogens with zero attached hydrogens (tertiary/aromatic N) is 3. The van der Waals surface area contributed by atoms with Crippen molar-refractivity contribution in [2.45, 2.75) is 57.6 Å². The van der Waals surface area contributed by atoms with Crippen molar-refractivity contribution in [1.82, 2.24) is 20.3 Å². The predicted octanol–water partition coefficient (Wildman–Crippen LogP) is 3.93. The molecule has 1 aromatic heterocycles. The van der Waals surface area contributed by atoms with E-state index < -0.39 is 6.36 Å². The van der Waals surface area contributed by atoms with Crippen molar-refractivity contribution in [3.05, 3.63) is 36.0 Å². The Kier molecular flexibility index (Phi) is 6.48. The monoisotopic (exact) mass is 466 g/mol. The summed E-state index contributed by atoms with van der Waals surface area (Å²) in [5, 5.41) is 6.68. The molecule has 1 saturated heterocycles. The second-order valence-corrected chi connectivity index (χ2v) is 8.32. The number of nitrogens with one attached hydrogen (secondary N) is 1. The number of carbonyl (C=O) groups excluding carboxylic acids is 2. The number of urea groups is 1. The highest BCUT2D eigenvalue weighted by Crippen LogP contribution is 2.32. The van der Waals surface area contributed by atoms with Crippen molar-refractivity contribution in [3.63, 3.8) is 0 Å². The maximum Gasteiger partial charge on any atom is 0.573 e. The van der Waals surface area contributed by atoms with Gasteiger partial charge in [-0.2, -0.15) is 0 Å². The third-order valence-corrected chi connectivity index (χ3v) is 5.71. The number of halogens is 3. The third kappa shape index (κ3) is 5.96. The molecule has 1 saturated carbocycles. The summed E-state index contributed by atoms with van der Waals surface area (Å²) in [6, 6.07) is 6.99. The van der Waals surface area contributed by atoms with Gasteiger partial charge in [-0.05, 0) is 37.8 Å². The van der Waals surface area contributed by atoms with E-state index >= 15 is 0 Å². The van der Waals surface area contributed by atoms with Crippen LogP contribution in [0, 0.1) is 0 Å². The lowest BCUT2D eigenvalue weighted by Crippen LogP contribution is -2.53. The van der Waals surface area contributed by atoms with Gasteiger partial charge in [-0.1, -0.05) is 17.3 Å². The summed E-state index contributed by atoms with van der Waals surface area (Å²) in [4.78, 5) is 28.3. The zero-order chi connectivity index (χ0) is 23.6. The van der Waals surface area contributed by atoms with E-state index in [4.69, 9.17) is 4.52 Å². The van der Waals surface area contributed by atoms with Crippen LogP contribution in [0.2, 0.25) is 0 Å². The largest absolute Gasteiger partial charge is 0.573 e. The van der Waals surface area contributed by atoms with Gasteiger partial charge in [-0.25, -0.2) is 4.79 Å². The number of hydrogen-bond acceptors (Lipinski definition) is 5. The Bertz CT molecular complexity index is 1010. The molecule has 2 aliphatic rings. The summed E-state index contributed by atoms with van der Waals surface area (Å²) in [7, 11) is 0. The van der Waals surface area contributed by atoms with Crippen LogP contribution < -0.4 is 10.1 Å². The van der Waals surface area contributed by atoms with Gasteiger partial charge in [0.15, 0.2) is 5.76 Å². The van der Waals surface area contributed by atoms with Gasteiger partial charge in [-0.3, -0.25) is 4.79 Å². The van der Waals surface area contributed by atoms with Crippen LogP contribution in [-0.4, -0.2) is 58.4 Å². The van der Waals surface area contributed by atoms with Gasteiger partial charge in [0.1, 0.15) is 11.4 Å². The van der Waals surface area contributed by atoms with Crippen LogP contribution >= 0.6 is 0 Å². The molecule has 1 N–H and O–H groups in total. The molecule has 2 fully saturated rings. The van der Waals surface area contributed by atoms with E-state index in [0.717, 1.165) is 25.7 Å². The zero-order valence-electron chi connectivity index (χ0n) is 18.1. The number of piperidine rings is 1. The molecule has 33 heavy (non-hydrogen) atoms. The molecule has 0 bridgehead atoms. The molecule has 1 atom stereocenters. The Morgan fingerprint density at radius 1 is 1.24 bits per heavy atom. The molecule has 4 rings (SSSR count). The second-order valence-electron chi connectivity index (χ2n) is 8.32. The van der Waals surface area contributed by atoms with Crippen molar-refractivity contribution < 1.29 is 32.0 Å². The van der Waals surface area contributed by atoms with Crippen molar-refractivity contribution >= 4 is 11.9 Å². The first-order valence-corrected chi connectivity index (χ1v) is 10.8. The second kappa shape index (κ2) is 9.32. The predicted molar refractivity (Wildman–Crippen MR) is 111 cm³/mol. The van der Waals surface area contributed by atoms with E-state index in [0.29, 0.717) is 30.4 Å². The topological polar surface area (TPSA) is 87.9 Å². The third-order valence-electron chi connectivity index (χ3n) is 5.71. The fourth-order valence-corrected chi connectivity index (χ4v) is 4.19. The molecule has 0 spiro atoms. The Morgan fingerprint density at radius 3 is 2.73 bits per heavy atom. The number of ether oxygens (including phenoxy) is 1. The van der Waals surface area contributed by atoms with Gasteiger partial charge in [-0.15, -0.1) is 13.2 Å². The molecule has 0 unspecified atom stereocenters. The molecule has 1 aliphatic heterocycles. The normalized spacial score (nSPS) is 18.7. The first-order chi connectivity index (χ1) is 15.7. The highest BCUT2D eigenvalue weighted by atomic mass is 19.4. The van der Waals surface area contributed by atoms with E-state index in [-0.39, 0.29) is 36.0 Å². The van der Waals surface area contributed by atoms with E-state index in [1.165, 1.54) is 18.2 Å². The van der Waals surface area contributed by atoms with Gasteiger partial charge in [0.25, 0.3) is 0 Å². The zero-order valence-corrected chi connectivity index (χ0v) is 18.1. The lowest BCUT2D eigenvalue weighted by molar-refractivity contribution is -0.274. The van der Waals surface area contributed by atoms with E-state index in [2.05, 4.69) is 15.2 Å². The fourth-order valence-electron chi connectivity index (χ4n) is 4.19. The molecule has 178 valence electrons. The molecule has 1 aromatic carbocycles. The van der Waals surface area contributed by atoms with Gasteiger partial charge in [0, 0.05) is 43.7 Å². The molecular formula is C22H25F3N4O4. The summed E-state index contributed by atoms with van der Waals surface area (Å²) >= 11 is 0. The Labute approximate surface area is 188 Å². The van der Waals surface area contributed by atoms with Gasteiger partial charge in [0.2, 0.25) is 5.91 Å². The summed E-state index contributed by atoms with van der Waals surface area (Å²) in [6.07, 6.45) is -1.06. The molecule has 3 amide bonds. The number of carbonyl (C=O) groups is 2. The summed E-state index contributed by atoms with van der Waals surface area (Å²) in [6.45, 7) is 2.76. The molecule has 2 heterocycles. The van der Waals surface area contributed by atoms with Crippen molar-refractivity contribution in [1.29, 1.82) is 0 Å². The first kappa shape index (κ1) is 22.9. The minimum absolute atomic E-state index is 0.0272. The summed E-state index contributed by atoms with van der Waals surface area (Å²) < 4.78 is 46.5. The first-order valence-electron chi connectivity index (χ1n) is 10.8. The standard InChI is InChI=1S/C22H25F3N4O4/c1-14(30)29(17-7-8-17)18-5-3-9-28(13-18)21(31)26-12-16-11-20(33-27-16)15-4-2-6-19(10-15)32-22(23,24)25/h2,4,6,10-11,17-18H,3,5,7-9,12-13H2,1H3,(H,26,31)/t18-/m1/s1. The highest BCUT2D eigenvalue weighted by Gasteiger charge is 2.38. The van der Waals surface area contributed by atoms with Crippen LogP contribution in [0.15, 0.2) is 34.9 Å². The molecule has 2 aromatic rings. The maximum atomic E-state index is 12.7. The van der Waals surface area contributed by atoms with Crippen LogP contribution in [0.5, 0.6) is 5.75 Å². The Morgan fingerprint density at radius 2 is 2.03 bits per heavy atom. The van der Waals surface area contributed by atoms with Gasteiger partial charge < -0.3 is 24.4 Å². The van der Waals surface area contributed by atoms with Crippen LogP contribution in [0.25, 0.3) is 11.3 Å². The van der Waals surface area contributed by atoms with Crippen LogP contribution in [-0.2, 0) is 11.3 Å². The average molecular weight is 466 g/mol. The number of alkyl halides is 3. The van der Waals surface area contributed by atoms with Crippen LogP contribution in [0.4, 0.5) is 18.0 Å². The quantitative estimate of drug-likeness (QED) is 0.697. The molecular weight excluding hydrogens is 441 g/mol. The minimum Gasteiger partial charge on any atom is -0.406 e. The minimum atomic E-state index is -4.79. The van der Waals surface area contributed by atoms with Crippen LogP contribution in [0.3, 0.4) is 0 Å². The van der Waals surface area contributed by atoms with Crippen molar-refractivity contribution in [2.75, 3.05) is 13.1 Å². The van der Waals surface area contributed by atoms with Crippen LogP contribution in [0.1, 0.15) is 38.3 Å². The van der Waals surface area contributed by atoms with Crippen molar-refractivity contribution in [2.24, 2.45) is 0 Å². The van der Waals surface area contributed by atoms with E-state index in [1.807, 2.05) is 4.90 Å². The van der Waals surface area contributed by atoms with E-state index in [1.54, 1.807) is 24.0 Å². The SMILES string of the molecule is CC(=O)N(C1CC1)[C@@H]1CCCN(C(=O)NCc2cc(-c3cccc(OC(F)(F)F)c3)on2)C1. The highest BCUT2D eigenvalue weighted by molar-refractivity contribution is 5.76. The Hall–Kier alpha value is -3.24. The summed E-state index contributed by atoms with van der Waals surface area (Å²) in [5.41, 5.74) is 0.794. The smallest absolute Gasteiger partial charge is 0.406 e.